The van der Waals surface area contributed by atoms with Crippen molar-refractivity contribution in [3.05, 3.63) is 64.6 Å². The largest absolute Gasteiger partial charge is 0.497 e. The molecule has 0 spiro atoms. The zero-order valence-corrected chi connectivity index (χ0v) is 14.3. The van der Waals surface area contributed by atoms with Crippen molar-refractivity contribution in [2.45, 2.75) is 13.3 Å². The van der Waals surface area contributed by atoms with Crippen LogP contribution in [0.1, 0.15) is 18.1 Å². The molecule has 122 valence electrons. The van der Waals surface area contributed by atoms with E-state index in [1.165, 1.54) is 10.5 Å². The van der Waals surface area contributed by atoms with Gasteiger partial charge in [-0.15, -0.1) is 0 Å². The van der Waals surface area contributed by atoms with Gasteiger partial charge in [-0.1, -0.05) is 31.2 Å². The summed E-state index contributed by atoms with van der Waals surface area (Å²) in [7, 11) is 1.57. The fraction of sp³-hybridized carbons (Fsp3) is 0.158. The highest BCUT2D eigenvalue weighted by Crippen LogP contribution is 2.36. The molecule has 1 saturated heterocycles. The van der Waals surface area contributed by atoms with Crippen LogP contribution in [-0.4, -0.2) is 18.3 Å². The van der Waals surface area contributed by atoms with E-state index in [0.717, 1.165) is 23.7 Å². The summed E-state index contributed by atoms with van der Waals surface area (Å²) < 4.78 is 5.10. The van der Waals surface area contributed by atoms with Crippen molar-refractivity contribution in [2.24, 2.45) is 0 Å². The van der Waals surface area contributed by atoms with Crippen molar-refractivity contribution in [1.29, 1.82) is 0 Å². The lowest BCUT2D eigenvalue weighted by Crippen LogP contribution is -2.27. The first kappa shape index (κ1) is 16.3. The summed E-state index contributed by atoms with van der Waals surface area (Å²) >= 11 is 0.959. The molecular weight excluding hydrogens is 322 g/mol. The molecule has 5 heteroatoms. The molecule has 1 fully saturated rings. The average Bonchev–Trinajstić information content (AvgIpc) is 2.89. The minimum atomic E-state index is -0.297. The number of hydrogen-bond donors (Lipinski definition) is 0. The summed E-state index contributed by atoms with van der Waals surface area (Å²) in [6.45, 7) is 2.09. The van der Waals surface area contributed by atoms with Crippen LogP contribution in [0.5, 0.6) is 5.75 Å². The van der Waals surface area contributed by atoms with Gasteiger partial charge < -0.3 is 4.74 Å². The van der Waals surface area contributed by atoms with E-state index in [4.69, 9.17) is 4.74 Å². The predicted molar refractivity (Wildman–Crippen MR) is 97.3 cm³/mol. The molecule has 1 aliphatic heterocycles. The maximum absolute atomic E-state index is 12.6. The molecule has 0 N–H and O–H groups in total. The molecule has 0 saturated carbocycles. The van der Waals surface area contributed by atoms with E-state index in [1.807, 2.05) is 24.3 Å². The number of carbonyl (C=O) groups is 2. The Bertz CT molecular complexity index is 794. The number of rotatable bonds is 4. The number of benzene rings is 2. The lowest BCUT2D eigenvalue weighted by molar-refractivity contribution is -0.113. The quantitative estimate of drug-likeness (QED) is 0.770. The monoisotopic (exact) mass is 339 g/mol. The van der Waals surface area contributed by atoms with Crippen LogP contribution >= 0.6 is 11.8 Å². The van der Waals surface area contributed by atoms with Gasteiger partial charge in [0.1, 0.15) is 5.75 Å². The zero-order valence-electron chi connectivity index (χ0n) is 13.5. The molecule has 2 aromatic rings. The van der Waals surface area contributed by atoms with Crippen molar-refractivity contribution < 1.29 is 14.3 Å². The van der Waals surface area contributed by atoms with Crippen molar-refractivity contribution in [1.82, 2.24) is 0 Å². The highest BCUT2D eigenvalue weighted by molar-refractivity contribution is 8.19. The second-order valence-electron chi connectivity index (χ2n) is 5.31. The van der Waals surface area contributed by atoms with E-state index in [9.17, 15) is 9.59 Å². The van der Waals surface area contributed by atoms with E-state index in [0.29, 0.717) is 16.3 Å². The Kier molecular flexibility index (Phi) is 4.71. The van der Waals surface area contributed by atoms with Crippen LogP contribution in [-0.2, 0) is 11.2 Å². The summed E-state index contributed by atoms with van der Waals surface area (Å²) in [5.74, 6) is 0.381. The van der Waals surface area contributed by atoms with Gasteiger partial charge in [0.05, 0.1) is 17.7 Å². The van der Waals surface area contributed by atoms with Gasteiger partial charge in [-0.2, -0.15) is 0 Å². The summed E-state index contributed by atoms with van der Waals surface area (Å²) in [5.41, 5.74) is 2.69. The maximum atomic E-state index is 12.6. The summed E-state index contributed by atoms with van der Waals surface area (Å²) in [5, 5.41) is -0.290. The number of methoxy groups -OCH3 is 1. The first-order valence-electron chi connectivity index (χ1n) is 7.63. The SMILES string of the molecule is CCc1ccc(/C=C2\SC(=O)N(c3ccc(OC)cc3)C2=O)cc1. The van der Waals surface area contributed by atoms with Gasteiger partial charge in [-0.3, -0.25) is 9.59 Å². The van der Waals surface area contributed by atoms with Crippen LogP contribution in [0.25, 0.3) is 6.08 Å². The van der Waals surface area contributed by atoms with Gasteiger partial charge in [0.15, 0.2) is 0 Å². The molecule has 0 aliphatic carbocycles. The second-order valence-corrected chi connectivity index (χ2v) is 6.30. The third-order valence-corrected chi connectivity index (χ3v) is 4.68. The molecule has 1 aliphatic rings. The Morgan fingerprint density at radius 1 is 1.04 bits per heavy atom. The Morgan fingerprint density at radius 2 is 1.71 bits per heavy atom. The lowest BCUT2D eigenvalue weighted by atomic mass is 10.1. The van der Waals surface area contributed by atoms with Crippen molar-refractivity contribution in [3.8, 4) is 5.75 Å². The van der Waals surface area contributed by atoms with Crippen LogP contribution in [0.4, 0.5) is 10.5 Å². The van der Waals surface area contributed by atoms with E-state index < -0.39 is 0 Å². The molecule has 1 heterocycles. The molecule has 0 unspecified atom stereocenters. The molecular formula is C19H17NO3S. The molecule has 3 rings (SSSR count). The van der Waals surface area contributed by atoms with Crippen LogP contribution < -0.4 is 9.64 Å². The Hall–Kier alpha value is -2.53. The smallest absolute Gasteiger partial charge is 0.298 e. The maximum Gasteiger partial charge on any atom is 0.298 e. The van der Waals surface area contributed by atoms with Crippen LogP contribution in [0, 0.1) is 0 Å². The first-order valence-corrected chi connectivity index (χ1v) is 8.45. The van der Waals surface area contributed by atoms with E-state index in [-0.39, 0.29) is 11.1 Å². The standard InChI is InChI=1S/C19H17NO3S/c1-3-13-4-6-14(7-5-13)12-17-18(21)20(19(22)24-17)15-8-10-16(23-2)11-9-15/h4-12H,3H2,1-2H3/b17-12-. The van der Waals surface area contributed by atoms with Gasteiger partial charge in [-0.05, 0) is 59.7 Å². The fourth-order valence-corrected chi connectivity index (χ4v) is 3.26. The molecule has 0 radical (unpaired) electrons. The van der Waals surface area contributed by atoms with Crippen LogP contribution in [0.2, 0.25) is 0 Å². The lowest BCUT2D eigenvalue weighted by Gasteiger charge is -2.12. The van der Waals surface area contributed by atoms with Crippen LogP contribution in [0.15, 0.2) is 53.4 Å². The zero-order chi connectivity index (χ0) is 17.1. The van der Waals surface area contributed by atoms with Crippen molar-refractivity contribution in [2.75, 3.05) is 12.0 Å². The van der Waals surface area contributed by atoms with Gasteiger partial charge >= 0.3 is 0 Å². The second kappa shape index (κ2) is 6.93. The van der Waals surface area contributed by atoms with Gasteiger partial charge in [0, 0.05) is 0 Å². The molecule has 2 aromatic carbocycles. The minimum absolute atomic E-state index is 0.290. The summed E-state index contributed by atoms with van der Waals surface area (Å²) in [4.78, 5) is 26.4. The summed E-state index contributed by atoms with van der Waals surface area (Å²) in [6, 6.07) is 14.8. The molecule has 0 bridgehead atoms. The van der Waals surface area contributed by atoms with Gasteiger partial charge in [0.2, 0.25) is 0 Å². The number of aryl methyl sites for hydroxylation is 1. The molecule has 2 amide bonds. The van der Waals surface area contributed by atoms with Crippen LogP contribution in [0.3, 0.4) is 0 Å². The average molecular weight is 339 g/mol. The number of hydrogen-bond acceptors (Lipinski definition) is 4. The number of ether oxygens (including phenoxy) is 1. The molecule has 24 heavy (non-hydrogen) atoms. The van der Waals surface area contributed by atoms with Gasteiger partial charge in [0.25, 0.3) is 11.1 Å². The normalized spacial score (nSPS) is 16.1. The number of carbonyl (C=O) groups excluding carboxylic acids is 2. The number of thioether (sulfide) groups is 1. The van der Waals surface area contributed by atoms with E-state index in [1.54, 1.807) is 37.5 Å². The third kappa shape index (κ3) is 3.21. The van der Waals surface area contributed by atoms with Gasteiger partial charge in [-0.25, -0.2) is 4.90 Å². The Morgan fingerprint density at radius 3 is 2.29 bits per heavy atom. The Labute approximate surface area is 145 Å². The van der Waals surface area contributed by atoms with Crippen molar-refractivity contribution >= 4 is 34.7 Å². The minimum Gasteiger partial charge on any atom is -0.497 e. The molecule has 4 nitrogen and oxygen atoms in total. The molecule has 0 atom stereocenters. The highest BCUT2D eigenvalue weighted by atomic mass is 32.2. The summed E-state index contributed by atoms with van der Waals surface area (Å²) in [6.07, 6.45) is 2.72. The third-order valence-electron chi connectivity index (χ3n) is 3.81. The number of anilines is 1. The fourth-order valence-electron chi connectivity index (χ4n) is 2.42. The number of imide groups is 1. The molecule has 0 aromatic heterocycles. The topological polar surface area (TPSA) is 46.6 Å². The first-order chi connectivity index (χ1) is 11.6. The Balaban J connectivity index is 1.85. The van der Waals surface area contributed by atoms with E-state index in [2.05, 4.69) is 6.92 Å². The highest BCUT2D eigenvalue weighted by Gasteiger charge is 2.36. The van der Waals surface area contributed by atoms with E-state index >= 15 is 0 Å². The number of amides is 2. The number of nitrogens with zero attached hydrogens (tertiary/aromatic N) is 1. The predicted octanol–water partition coefficient (Wildman–Crippen LogP) is 4.50. The van der Waals surface area contributed by atoms with Crippen molar-refractivity contribution in [3.63, 3.8) is 0 Å².